The minimum absolute atomic E-state index is 0.0346. The van der Waals surface area contributed by atoms with E-state index in [0.29, 0.717) is 20.8 Å². The van der Waals surface area contributed by atoms with Crippen LogP contribution in [0.25, 0.3) is 6.08 Å². The average molecular weight is 465 g/mol. The maximum atomic E-state index is 12.5. The fraction of sp³-hybridized carbons (Fsp3) is 0.364. The number of ether oxygens (including phenoxy) is 1. The molecule has 0 spiro atoms. The van der Waals surface area contributed by atoms with Crippen LogP contribution in [0.4, 0.5) is 5.69 Å². The first-order valence-corrected chi connectivity index (χ1v) is 11.5. The maximum Gasteiger partial charge on any atom is 0.261 e. The minimum Gasteiger partial charge on any atom is -0.381 e. The third-order valence-corrected chi connectivity index (χ3v) is 6.82. The number of carbonyl (C=O) groups excluding carboxylic acids is 2. The van der Waals surface area contributed by atoms with Crippen molar-refractivity contribution in [2.45, 2.75) is 31.7 Å². The lowest BCUT2D eigenvalue weighted by atomic mass is 10.0. The molecule has 8 heteroatoms. The van der Waals surface area contributed by atoms with E-state index in [0.717, 1.165) is 43.7 Å². The molecule has 1 unspecified atom stereocenters. The summed E-state index contributed by atoms with van der Waals surface area (Å²) in [5, 5.41) is 3.53. The lowest BCUT2D eigenvalue weighted by Crippen LogP contribution is -2.36. The predicted octanol–water partition coefficient (Wildman–Crippen LogP) is 5.17. The van der Waals surface area contributed by atoms with Gasteiger partial charge in [-0.1, -0.05) is 40.9 Å². The first-order chi connectivity index (χ1) is 14.5. The van der Waals surface area contributed by atoms with Gasteiger partial charge < -0.3 is 15.0 Å². The van der Waals surface area contributed by atoms with Crippen molar-refractivity contribution in [1.82, 2.24) is 5.32 Å². The molecular formula is C22H22Cl2N2O3S. The first kappa shape index (κ1) is 21.4. The Kier molecular flexibility index (Phi) is 6.78. The van der Waals surface area contributed by atoms with Crippen molar-refractivity contribution in [3.05, 3.63) is 55.7 Å². The van der Waals surface area contributed by atoms with Gasteiger partial charge in [0.15, 0.2) is 0 Å². The van der Waals surface area contributed by atoms with Crippen LogP contribution in [0.3, 0.4) is 0 Å². The number of carbonyl (C=O) groups is 2. The Hall–Kier alpha value is -1.86. The predicted molar refractivity (Wildman–Crippen MR) is 122 cm³/mol. The lowest BCUT2D eigenvalue weighted by molar-refractivity contribution is -0.117. The number of benzene rings is 1. The highest BCUT2D eigenvalue weighted by Gasteiger charge is 2.32. The third kappa shape index (κ3) is 5.06. The summed E-state index contributed by atoms with van der Waals surface area (Å²) in [6, 6.07) is 8.80. The quantitative estimate of drug-likeness (QED) is 0.678. The molecule has 4 rings (SSSR count). The molecule has 1 atom stereocenters. The summed E-state index contributed by atoms with van der Waals surface area (Å²) >= 11 is 13.6. The van der Waals surface area contributed by atoms with Crippen molar-refractivity contribution < 1.29 is 14.3 Å². The summed E-state index contributed by atoms with van der Waals surface area (Å²) in [6.07, 6.45) is 5.34. The van der Waals surface area contributed by atoms with Crippen LogP contribution in [0.1, 0.15) is 40.9 Å². The molecule has 30 heavy (non-hydrogen) atoms. The highest BCUT2D eigenvalue weighted by molar-refractivity contribution is 7.18. The molecule has 3 heterocycles. The van der Waals surface area contributed by atoms with Gasteiger partial charge in [0.2, 0.25) is 5.91 Å². The third-order valence-electron chi connectivity index (χ3n) is 5.27. The number of nitrogens with zero attached hydrogens (tertiary/aromatic N) is 1. The Balaban J connectivity index is 1.43. The number of rotatable bonds is 4. The Labute approximate surface area is 189 Å². The largest absolute Gasteiger partial charge is 0.381 e. The molecule has 0 saturated carbocycles. The molecule has 2 amide bonds. The molecule has 1 aromatic heterocycles. The second kappa shape index (κ2) is 9.52. The summed E-state index contributed by atoms with van der Waals surface area (Å²) in [4.78, 5) is 27.1. The Morgan fingerprint density at radius 1 is 1.20 bits per heavy atom. The Morgan fingerprint density at radius 3 is 2.83 bits per heavy atom. The number of hydrogen-bond donors (Lipinski definition) is 1. The van der Waals surface area contributed by atoms with Gasteiger partial charge in [0.05, 0.1) is 21.9 Å². The van der Waals surface area contributed by atoms with Crippen LogP contribution in [-0.4, -0.2) is 37.6 Å². The Morgan fingerprint density at radius 2 is 2.07 bits per heavy atom. The minimum atomic E-state index is -0.252. The number of amides is 2. The second-order valence-corrected chi connectivity index (χ2v) is 9.58. The van der Waals surface area contributed by atoms with Crippen LogP contribution in [-0.2, 0) is 9.53 Å². The zero-order chi connectivity index (χ0) is 21.1. The zero-order valence-electron chi connectivity index (χ0n) is 16.3. The molecule has 158 valence electrons. The van der Waals surface area contributed by atoms with Crippen LogP contribution in [0.15, 0.2) is 35.9 Å². The van der Waals surface area contributed by atoms with Crippen molar-refractivity contribution in [2.75, 3.05) is 24.7 Å². The van der Waals surface area contributed by atoms with Gasteiger partial charge in [0.25, 0.3) is 5.91 Å². The van der Waals surface area contributed by atoms with Gasteiger partial charge in [-0.3, -0.25) is 9.59 Å². The van der Waals surface area contributed by atoms with Gasteiger partial charge >= 0.3 is 0 Å². The molecule has 2 saturated heterocycles. The number of halogens is 2. The average Bonchev–Trinajstić information content (AvgIpc) is 3.21. The van der Waals surface area contributed by atoms with Crippen LogP contribution in [0, 0.1) is 0 Å². The molecule has 5 nitrogen and oxygen atoms in total. The number of nitrogens with one attached hydrogen (secondary N) is 1. The van der Waals surface area contributed by atoms with E-state index in [2.05, 4.69) is 11.4 Å². The van der Waals surface area contributed by atoms with Crippen molar-refractivity contribution >= 4 is 58.1 Å². The summed E-state index contributed by atoms with van der Waals surface area (Å²) < 4.78 is 6.06. The van der Waals surface area contributed by atoms with Gasteiger partial charge in [0, 0.05) is 30.3 Å². The number of hydrogen-bond acceptors (Lipinski definition) is 4. The molecule has 2 aliphatic rings. The molecule has 0 bridgehead atoms. The van der Waals surface area contributed by atoms with Crippen LogP contribution < -0.4 is 10.2 Å². The number of anilines is 1. The number of thiophene rings is 1. The van der Waals surface area contributed by atoms with E-state index in [9.17, 15) is 9.59 Å². The first-order valence-electron chi connectivity index (χ1n) is 9.93. The fourth-order valence-corrected chi connectivity index (χ4v) is 4.92. The lowest BCUT2D eigenvalue weighted by Gasteiger charge is -2.18. The Bertz CT molecular complexity index is 979. The standard InChI is InChI=1S/C22H22Cl2N2O3S/c23-18-12-17(4-3-15(18)10-14-2-1-8-29-9-7-14)26-13-16(11-21(26)27)25-22(28)19-5-6-20(24)30-19/h3-6,10,12,16H,1-2,7-9,11,13H2,(H,25,28)/b14-10+. The maximum absolute atomic E-state index is 12.5. The van der Waals surface area contributed by atoms with Crippen molar-refractivity contribution in [2.24, 2.45) is 0 Å². The summed E-state index contributed by atoms with van der Waals surface area (Å²) in [5.41, 5.74) is 3.02. The molecule has 0 aliphatic carbocycles. The molecule has 2 fully saturated rings. The van der Waals surface area contributed by atoms with Gasteiger partial charge in [-0.25, -0.2) is 0 Å². The molecule has 0 radical (unpaired) electrons. The van der Waals surface area contributed by atoms with E-state index in [-0.39, 0.29) is 24.3 Å². The van der Waals surface area contributed by atoms with Gasteiger partial charge in [-0.2, -0.15) is 0 Å². The van der Waals surface area contributed by atoms with E-state index in [4.69, 9.17) is 27.9 Å². The topological polar surface area (TPSA) is 58.6 Å². The van der Waals surface area contributed by atoms with Crippen LogP contribution >= 0.6 is 34.5 Å². The van der Waals surface area contributed by atoms with Crippen LogP contribution in [0.2, 0.25) is 9.36 Å². The molecule has 1 aromatic carbocycles. The summed E-state index contributed by atoms with van der Waals surface area (Å²) in [5.74, 6) is -0.244. The van der Waals surface area contributed by atoms with Gasteiger partial charge in [-0.05, 0) is 49.1 Å². The highest BCUT2D eigenvalue weighted by Crippen LogP contribution is 2.30. The second-order valence-electron chi connectivity index (χ2n) is 7.46. The van der Waals surface area contributed by atoms with Crippen molar-refractivity contribution in [3.8, 4) is 0 Å². The van der Waals surface area contributed by atoms with Crippen molar-refractivity contribution in [3.63, 3.8) is 0 Å². The fourth-order valence-electron chi connectivity index (χ4n) is 3.74. The monoisotopic (exact) mass is 464 g/mol. The van der Waals surface area contributed by atoms with Crippen molar-refractivity contribution in [1.29, 1.82) is 0 Å². The molecule has 1 N–H and O–H groups in total. The highest BCUT2D eigenvalue weighted by atomic mass is 35.5. The van der Waals surface area contributed by atoms with E-state index in [1.54, 1.807) is 17.0 Å². The molecule has 2 aromatic rings. The van der Waals surface area contributed by atoms with Gasteiger partial charge in [-0.15, -0.1) is 11.3 Å². The van der Waals surface area contributed by atoms with E-state index < -0.39 is 0 Å². The van der Waals surface area contributed by atoms with Crippen LogP contribution in [0.5, 0.6) is 0 Å². The van der Waals surface area contributed by atoms with E-state index in [1.807, 2.05) is 18.2 Å². The van der Waals surface area contributed by atoms with Gasteiger partial charge in [0.1, 0.15) is 0 Å². The summed E-state index contributed by atoms with van der Waals surface area (Å²) in [6.45, 7) is 1.96. The SMILES string of the molecule is O=C(NC1CC(=O)N(c2ccc(/C=C3\CCCOCC3)c(Cl)c2)C1)c1ccc(Cl)s1. The zero-order valence-corrected chi connectivity index (χ0v) is 18.7. The normalized spacial score (nSPS) is 21.1. The molecular weight excluding hydrogens is 443 g/mol. The van der Waals surface area contributed by atoms with E-state index >= 15 is 0 Å². The summed E-state index contributed by atoms with van der Waals surface area (Å²) in [7, 11) is 0. The van der Waals surface area contributed by atoms with E-state index in [1.165, 1.54) is 16.9 Å². The molecule has 2 aliphatic heterocycles. The smallest absolute Gasteiger partial charge is 0.261 e.